The molecule has 0 atom stereocenters. The zero-order valence-corrected chi connectivity index (χ0v) is 16.2. The number of hydrogen-bond donors (Lipinski definition) is 1. The summed E-state index contributed by atoms with van der Waals surface area (Å²) in [5, 5.41) is 10.6. The Hall–Kier alpha value is -3.90. The standard InChI is InChI=1S/C24H19N5O/c30-13-10-18-16-29(22-9-2-1-7-19(18)22)23-14-21(17-6-5-11-25-15-17)27-24(28-23)20-8-3-4-12-26-20/h1-9,11-12,14-16,30H,10,13H2. The molecule has 0 bridgehead atoms. The molecular weight excluding hydrogens is 374 g/mol. The van der Waals surface area contributed by atoms with Crippen LogP contribution in [0.25, 0.3) is 39.5 Å². The number of pyridine rings is 2. The van der Waals surface area contributed by atoms with Gasteiger partial charge in [-0.3, -0.25) is 9.97 Å². The lowest BCUT2D eigenvalue weighted by atomic mass is 10.1. The van der Waals surface area contributed by atoms with Crippen LogP contribution in [0.1, 0.15) is 5.56 Å². The van der Waals surface area contributed by atoms with Crippen molar-refractivity contribution in [3.63, 3.8) is 0 Å². The second-order valence-corrected chi connectivity index (χ2v) is 6.91. The fourth-order valence-corrected chi connectivity index (χ4v) is 3.59. The lowest BCUT2D eigenvalue weighted by Gasteiger charge is -2.10. The molecule has 5 aromatic rings. The second kappa shape index (κ2) is 7.85. The SMILES string of the molecule is OCCc1cn(-c2cc(-c3cccnc3)nc(-c3ccccn3)n2)c2ccccc12. The van der Waals surface area contributed by atoms with Gasteiger partial charge in [-0.2, -0.15) is 0 Å². The predicted octanol–water partition coefficient (Wildman–Crippen LogP) is 4.08. The van der Waals surface area contributed by atoms with Crippen molar-refractivity contribution >= 4 is 10.9 Å². The van der Waals surface area contributed by atoms with Crippen LogP contribution in [0, 0.1) is 0 Å². The molecule has 0 radical (unpaired) electrons. The lowest BCUT2D eigenvalue weighted by Crippen LogP contribution is -2.02. The summed E-state index contributed by atoms with van der Waals surface area (Å²) in [4.78, 5) is 18.3. The molecule has 0 aliphatic heterocycles. The Labute approximate surface area is 173 Å². The summed E-state index contributed by atoms with van der Waals surface area (Å²) in [6.07, 6.45) is 7.89. The average molecular weight is 393 g/mol. The van der Waals surface area contributed by atoms with Crippen LogP contribution < -0.4 is 0 Å². The molecule has 0 saturated heterocycles. The topological polar surface area (TPSA) is 76.7 Å². The molecule has 146 valence electrons. The van der Waals surface area contributed by atoms with Gasteiger partial charge in [-0.05, 0) is 42.3 Å². The zero-order chi connectivity index (χ0) is 20.3. The molecular formula is C24H19N5O. The highest BCUT2D eigenvalue weighted by molar-refractivity contribution is 5.85. The third-order valence-corrected chi connectivity index (χ3v) is 4.99. The Morgan fingerprint density at radius 2 is 1.77 bits per heavy atom. The van der Waals surface area contributed by atoms with Gasteiger partial charge in [0.1, 0.15) is 11.5 Å². The summed E-state index contributed by atoms with van der Waals surface area (Å²) in [5.74, 6) is 1.29. The maximum absolute atomic E-state index is 9.49. The molecule has 1 N–H and O–H groups in total. The van der Waals surface area contributed by atoms with Gasteiger partial charge in [0.2, 0.25) is 0 Å². The van der Waals surface area contributed by atoms with E-state index in [1.807, 2.05) is 59.3 Å². The van der Waals surface area contributed by atoms with Gasteiger partial charge in [0, 0.05) is 48.4 Å². The molecule has 0 aliphatic rings. The van der Waals surface area contributed by atoms with E-state index in [9.17, 15) is 5.11 Å². The molecule has 0 saturated carbocycles. The fraction of sp³-hybridized carbons (Fsp3) is 0.0833. The Morgan fingerprint density at radius 1 is 0.867 bits per heavy atom. The first-order chi connectivity index (χ1) is 14.8. The van der Waals surface area contributed by atoms with Crippen LogP contribution in [-0.4, -0.2) is 36.2 Å². The zero-order valence-electron chi connectivity index (χ0n) is 16.2. The van der Waals surface area contributed by atoms with Crippen LogP contribution in [0.15, 0.2) is 85.5 Å². The number of fused-ring (bicyclic) bond motifs is 1. The number of benzene rings is 1. The van der Waals surface area contributed by atoms with Gasteiger partial charge in [-0.25, -0.2) is 9.97 Å². The third-order valence-electron chi connectivity index (χ3n) is 4.99. The fourth-order valence-electron chi connectivity index (χ4n) is 3.59. The lowest BCUT2D eigenvalue weighted by molar-refractivity contribution is 0.300. The molecule has 0 amide bonds. The summed E-state index contributed by atoms with van der Waals surface area (Å²) in [5.41, 5.74) is 4.50. The number of rotatable bonds is 5. The van der Waals surface area contributed by atoms with Crippen molar-refractivity contribution in [2.75, 3.05) is 6.61 Å². The van der Waals surface area contributed by atoms with E-state index >= 15 is 0 Å². The summed E-state index contributed by atoms with van der Waals surface area (Å²) < 4.78 is 2.05. The molecule has 1 aromatic carbocycles. The van der Waals surface area contributed by atoms with E-state index in [2.05, 4.69) is 22.1 Å². The Morgan fingerprint density at radius 3 is 2.57 bits per heavy atom. The van der Waals surface area contributed by atoms with Crippen LogP contribution in [-0.2, 0) is 6.42 Å². The highest BCUT2D eigenvalue weighted by Gasteiger charge is 2.14. The third kappa shape index (κ3) is 3.33. The van der Waals surface area contributed by atoms with Gasteiger partial charge in [0.05, 0.1) is 11.2 Å². The number of aliphatic hydroxyl groups is 1. The molecule has 0 spiro atoms. The van der Waals surface area contributed by atoms with Gasteiger partial charge in [0.25, 0.3) is 0 Å². The van der Waals surface area contributed by atoms with E-state index in [1.165, 1.54) is 0 Å². The van der Waals surface area contributed by atoms with E-state index in [0.29, 0.717) is 17.9 Å². The van der Waals surface area contributed by atoms with Gasteiger partial charge in [0.15, 0.2) is 5.82 Å². The van der Waals surface area contributed by atoms with Crippen molar-refractivity contribution in [2.45, 2.75) is 6.42 Å². The quantitative estimate of drug-likeness (QED) is 0.487. The highest BCUT2D eigenvalue weighted by atomic mass is 16.2. The van der Waals surface area contributed by atoms with E-state index in [-0.39, 0.29) is 6.61 Å². The summed E-state index contributed by atoms with van der Waals surface area (Å²) in [7, 11) is 0. The van der Waals surface area contributed by atoms with Crippen molar-refractivity contribution < 1.29 is 5.11 Å². The highest BCUT2D eigenvalue weighted by Crippen LogP contribution is 2.28. The predicted molar refractivity (Wildman–Crippen MR) is 116 cm³/mol. The van der Waals surface area contributed by atoms with Crippen LogP contribution in [0.3, 0.4) is 0 Å². The van der Waals surface area contributed by atoms with Gasteiger partial charge in [-0.15, -0.1) is 0 Å². The molecule has 4 aromatic heterocycles. The molecule has 30 heavy (non-hydrogen) atoms. The van der Waals surface area contributed by atoms with Gasteiger partial charge >= 0.3 is 0 Å². The molecule has 0 fully saturated rings. The smallest absolute Gasteiger partial charge is 0.180 e. The first-order valence-electron chi connectivity index (χ1n) is 9.74. The minimum Gasteiger partial charge on any atom is -0.396 e. The average Bonchev–Trinajstić information content (AvgIpc) is 3.19. The Bertz CT molecular complexity index is 1240. The monoisotopic (exact) mass is 393 g/mol. The minimum absolute atomic E-state index is 0.0951. The number of para-hydroxylation sites is 1. The molecule has 4 heterocycles. The van der Waals surface area contributed by atoms with E-state index in [4.69, 9.17) is 9.97 Å². The number of aliphatic hydroxyl groups excluding tert-OH is 1. The van der Waals surface area contributed by atoms with Gasteiger partial charge < -0.3 is 9.67 Å². The van der Waals surface area contributed by atoms with E-state index in [1.54, 1.807) is 18.6 Å². The maximum Gasteiger partial charge on any atom is 0.180 e. The van der Waals surface area contributed by atoms with Crippen LogP contribution in [0.5, 0.6) is 0 Å². The molecule has 6 nitrogen and oxygen atoms in total. The summed E-state index contributed by atoms with van der Waals surface area (Å²) >= 11 is 0. The second-order valence-electron chi connectivity index (χ2n) is 6.91. The van der Waals surface area contributed by atoms with Crippen molar-refractivity contribution in [1.82, 2.24) is 24.5 Å². The van der Waals surface area contributed by atoms with E-state index < -0.39 is 0 Å². The minimum atomic E-state index is 0.0951. The molecule has 0 aliphatic carbocycles. The van der Waals surface area contributed by atoms with E-state index in [0.717, 1.165) is 33.5 Å². The van der Waals surface area contributed by atoms with Crippen LogP contribution in [0.4, 0.5) is 0 Å². The largest absolute Gasteiger partial charge is 0.396 e. The summed E-state index contributed by atoms with van der Waals surface area (Å²) in [6, 6.07) is 19.7. The maximum atomic E-state index is 9.49. The first kappa shape index (κ1) is 18.1. The van der Waals surface area contributed by atoms with Crippen LogP contribution >= 0.6 is 0 Å². The van der Waals surface area contributed by atoms with Crippen molar-refractivity contribution in [3.05, 3.63) is 91.0 Å². The molecule has 5 rings (SSSR count). The summed E-state index contributed by atoms with van der Waals surface area (Å²) in [6.45, 7) is 0.0951. The van der Waals surface area contributed by atoms with Crippen molar-refractivity contribution in [2.24, 2.45) is 0 Å². The normalized spacial score (nSPS) is 11.1. The number of aromatic nitrogens is 5. The molecule has 0 unspecified atom stereocenters. The molecule has 6 heteroatoms. The number of hydrogen-bond acceptors (Lipinski definition) is 5. The first-order valence-corrected chi connectivity index (χ1v) is 9.74. The van der Waals surface area contributed by atoms with Crippen molar-refractivity contribution in [1.29, 1.82) is 0 Å². The Balaban J connectivity index is 1.75. The van der Waals surface area contributed by atoms with Crippen molar-refractivity contribution in [3.8, 4) is 28.6 Å². The van der Waals surface area contributed by atoms with Gasteiger partial charge in [-0.1, -0.05) is 24.3 Å². The van der Waals surface area contributed by atoms with Crippen LogP contribution in [0.2, 0.25) is 0 Å². The number of nitrogens with zero attached hydrogens (tertiary/aromatic N) is 5. The Kier molecular flexibility index (Phi) is 4.75.